The van der Waals surface area contributed by atoms with Crippen molar-refractivity contribution >= 4 is 6.08 Å². The molecule has 0 aliphatic heterocycles. The summed E-state index contributed by atoms with van der Waals surface area (Å²) in [5.41, 5.74) is -0.371. The van der Waals surface area contributed by atoms with Gasteiger partial charge in [-0.2, -0.15) is 0 Å². The number of aryl methyl sites for hydroxylation is 1. The van der Waals surface area contributed by atoms with Gasteiger partial charge < -0.3 is 4.57 Å². The second kappa shape index (κ2) is 3.71. The van der Waals surface area contributed by atoms with Crippen LogP contribution in [0.25, 0.3) is 6.08 Å². The monoisotopic (exact) mass is 178 g/mol. The van der Waals surface area contributed by atoms with Crippen LogP contribution in [0.4, 0.5) is 0 Å². The van der Waals surface area contributed by atoms with Crippen molar-refractivity contribution in [1.29, 1.82) is 0 Å². The molecule has 0 aromatic carbocycles. The van der Waals surface area contributed by atoms with Crippen LogP contribution in [0.2, 0.25) is 0 Å². The minimum absolute atomic E-state index is 0.388. The number of nitrogens with zero attached hydrogens (tertiary/aromatic N) is 1. The van der Waals surface area contributed by atoms with E-state index in [4.69, 9.17) is 0 Å². The molecule has 0 atom stereocenters. The summed E-state index contributed by atoms with van der Waals surface area (Å²) in [4.78, 5) is 24.3. The lowest BCUT2D eigenvalue weighted by Gasteiger charge is -1.96. The van der Waals surface area contributed by atoms with Gasteiger partial charge in [-0.3, -0.25) is 9.78 Å². The van der Waals surface area contributed by atoms with E-state index in [-0.39, 0.29) is 5.56 Å². The highest BCUT2D eigenvalue weighted by atomic mass is 16.2. The molecule has 1 rings (SSSR count). The lowest BCUT2D eigenvalue weighted by molar-refractivity contribution is 0.796. The van der Waals surface area contributed by atoms with Crippen LogP contribution < -0.4 is 11.2 Å². The van der Waals surface area contributed by atoms with Gasteiger partial charge in [0.15, 0.2) is 0 Å². The van der Waals surface area contributed by atoms with E-state index in [2.05, 4.69) is 11.6 Å². The van der Waals surface area contributed by atoms with E-state index in [1.54, 1.807) is 25.3 Å². The predicted octanol–water partition coefficient (Wildman–Crippen LogP) is 0.273. The standard InChI is InChI=1S/C9H10N2O2/c1-3-4-5-7-6-11(2)9(13)10-8(7)12/h3-6H,1H2,2H3,(H,10,12,13). The van der Waals surface area contributed by atoms with E-state index in [0.717, 1.165) is 0 Å². The zero-order valence-corrected chi connectivity index (χ0v) is 7.28. The van der Waals surface area contributed by atoms with Gasteiger partial charge in [-0.15, -0.1) is 0 Å². The first-order valence-corrected chi connectivity index (χ1v) is 3.74. The van der Waals surface area contributed by atoms with E-state index in [9.17, 15) is 9.59 Å². The third kappa shape index (κ3) is 2.05. The Bertz CT molecular complexity index is 451. The number of H-pyrrole nitrogens is 1. The molecule has 0 amide bonds. The van der Waals surface area contributed by atoms with Gasteiger partial charge in [0, 0.05) is 13.2 Å². The molecule has 0 saturated heterocycles. The second-order valence-electron chi connectivity index (χ2n) is 2.55. The van der Waals surface area contributed by atoms with Crippen molar-refractivity contribution in [3.8, 4) is 0 Å². The van der Waals surface area contributed by atoms with E-state index < -0.39 is 5.69 Å². The molecule has 13 heavy (non-hydrogen) atoms. The average molecular weight is 178 g/mol. The molecule has 0 saturated carbocycles. The Morgan fingerprint density at radius 1 is 1.54 bits per heavy atom. The Labute approximate surface area is 74.8 Å². The lowest BCUT2D eigenvalue weighted by atomic mass is 10.3. The predicted molar refractivity (Wildman–Crippen MR) is 51.5 cm³/mol. The molecule has 0 bridgehead atoms. The molecule has 1 heterocycles. The van der Waals surface area contributed by atoms with Crippen molar-refractivity contribution in [2.75, 3.05) is 0 Å². The molecule has 0 aliphatic rings. The van der Waals surface area contributed by atoms with Crippen molar-refractivity contribution in [3.05, 3.63) is 51.3 Å². The number of allylic oxidation sites excluding steroid dienone is 2. The number of hydrogen-bond acceptors (Lipinski definition) is 2. The van der Waals surface area contributed by atoms with Crippen LogP contribution in [0.5, 0.6) is 0 Å². The van der Waals surface area contributed by atoms with Crippen LogP contribution >= 0.6 is 0 Å². The normalized spacial score (nSPS) is 10.5. The molecular formula is C9H10N2O2. The minimum atomic E-state index is -0.416. The van der Waals surface area contributed by atoms with Gasteiger partial charge in [-0.25, -0.2) is 4.79 Å². The molecule has 1 aromatic heterocycles. The van der Waals surface area contributed by atoms with Gasteiger partial charge >= 0.3 is 5.69 Å². The number of nitrogens with one attached hydrogen (secondary N) is 1. The topological polar surface area (TPSA) is 54.9 Å². The van der Waals surface area contributed by atoms with Crippen LogP contribution in [0.3, 0.4) is 0 Å². The Hall–Kier alpha value is -1.84. The van der Waals surface area contributed by atoms with Gasteiger partial charge in [0.2, 0.25) is 0 Å². The number of rotatable bonds is 2. The largest absolute Gasteiger partial charge is 0.328 e. The zero-order valence-electron chi connectivity index (χ0n) is 7.28. The summed E-state index contributed by atoms with van der Waals surface area (Å²) >= 11 is 0. The fourth-order valence-corrected chi connectivity index (χ4v) is 0.874. The number of aromatic amines is 1. The molecule has 4 heteroatoms. The molecule has 0 fully saturated rings. The van der Waals surface area contributed by atoms with Crippen LogP contribution in [0.15, 0.2) is 34.5 Å². The first kappa shape index (κ1) is 9.25. The molecule has 0 spiro atoms. The van der Waals surface area contributed by atoms with Crippen LogP contribution in [-0.4, -0.2) is 9.55 Å². The third-order valence-electron chi connectivity index (χ3n) is 1.55. The van der Waals surface area contributed by atoms with Crippen molar-refractivity contribution in [2.45, 2.75) is 0 Å². The molecule has 0 radical (unpaired) electrons. The van der Waals surface area contributed by atoms with E-state index in [1.165, 1.54) is 10.8 Å². The average Bonchev–Trinajstić information content (AvgIpc) is 2.09. The molecular weight excluding hydrogens is 168 g/mol. The fourth-order valence-electron chi connectivity index (χ4n) is 0.874. The van der Waals surface area contributed by atoms with Crippen molar-refractivity contribution in [1.82, 2.24) is 9.55 Å². The number of hydrogen-bond donors (Lipinski definition) is 1. The highest BCUT2D eigenvalue weighted by Gasteiger charge is 1.96. The maximum atomic E-state index is 11.1. The maximum Gasteiger partial charge on any atom is 0.328 e. The van der Waals surface area contributed by atoms with Crippen molar-refractivity contribution in [2.24, 2.45) is 7.05 Å². The van der Waals surface area contributed by atoms with Crippen molar-refractivity contribution in [3.63, 3.8) is 0 Å². The SMILES string of the molecule is C=CC=Cc1cn(C)c(=O)[nH]c1=O. The van der Waals surface area contributed by atoms with Gasteiger partial charge in [0.05, 0.1) is 5.56 Å². The van der Waals surface area contributed by atoms with E-state index in [0.29, 0.717) is 5.56 Å². The first-order chi connectivity index (χ1) is 6.15. The number of aromatic nitrogens is 2. The highest BCUT2D eigenvalue weighted by Crippen LogP contribution is 1.90. The third-order valence-corrected chi connectivity index (χ3v) is 1.55. The molecule has 1 N–H and O–H groups in total. The van der Waals surface area contributed by atoms with Crippen LogP contribution in [0.1, 0.15) is 5.56 Å². The summed E-state index contributed by atoms with van der Waals surface area (Å²) in [6.07, 6.45) is 6.26. The van der Waals surface area contributed by atoms with Crippen molar-refractivity contribution < 1.29 is 0 Å². The smallest absolute Gasteiger partial charge is 0.303 e. The second-order valence-corrected chi connectivity index (χ2v) is 2.55. The Balaban J connectivity index is 3.32. The first-order valence-electron chi connectivity index (χ1n) is 3.74. The molecule has 0 unspecified atom stereocenters. The van der Waals surface area contributed by atoms with Gasteiger partial charge in [-0.1, -0.05) is 18.7 Å². The van der Waals surface area contributed by atoms with E-state index >= 15 is 0 Å². The Morgan fingerprint density at radius 2 is 2.23 bits per heavy atom. The zero-order chi connectivity index (χ0) is 9.84. The summed E-state index contributed by atoms with van der Waals surface area (Å²) in [5, 5.41) is 0. The van der Waals surface area contributed by atoms with Crippen LogP contribution in [0, 0.1) is 0 Å². The van der Waals surface area contributed by atoms with Crippen LogP contribution in [-0.2, 0) is 7.05 Å². The minimum Gasteiger partial charge on any atom is -0.303 e. The lowest BCUT2D eigenvalue weighted by Crippen LogP contribution is -2.28. The molecule has 0 aliphatic carbocycles. The summed E-state index contributed by atoms with van der Waals surface area (Å²) < 4.78 is 1.31. The van der Waals surface area contributed by atoms with Gasteiger partial charge in [0.1, 0.15) is 0 Å². The maximum absolute atomic E-state index is 11.1. The molecule has 4 nitrogen and oxygen atoms in total. The van der Waals surface area contributed by atoms with Gasteiger partial charge in [0.25, 0.3) is 5.56 Å². The fraction of sp³-hybridized carbons (Fsp3) is 0.111. The summed E-state index contributed by atoms with van der Waals surface area (Å²) in [7, 11) is 1.57. The Morgan fingerprint density at radius 3 is 2.85 bits per heavy atom. The van der Waals surface area contributed by atoms with E-state index in [1.807, 2.05) is 0 Å². The summed E-state index contributed by atoms with van der Waals surface area (Å²) in [5.74, 6) is 0. The molecule has 68 valence electrons. The summed E-state index contributed by atoms with van der Waals surface area (Å²) in [6.45, 7) is 3.48. The quantitative estimate of drug-likeness (QED) is 0.661. The van der Waals surface area contributed by atoms with Gasteiger partial charge in [-0.05, 0) is 6.08 Å². The highest BCUT2D eigenvalue weighted by molar-refractivity contribution is 5.48. The molecule has 1 aromatic rings. The summed E-state index contributed by atoms with van der Waals surface area (Å²) in [6, 6.07) is 0. The Kier molecular flexibility index (Phi) is 2.64.